The highest BCUT2D eigenvalue weighted by Gasteiger charge is 2.30. The Bertz CT molecular complexity index is 706. The maximum atomic E-state index is 12.8. The van der Waals surface area contributed by atoms with Crippen molar-refractivity contribution < 1.29 is 22.8 Å². The smallest absolute Gasteiger partial charge is 0.353 e. The molecule has 0 aromatic heterocycles. The van der Waals surface area contributed by atoms with Crippen LogP contribution in [0.25, 0.3) is 0 Å². The molecule has 0 aliphatic carbocycles. The molecule has 9 heteroatoms. The Hall–Kier alpha value is -1.74. The van der Waals surface area contributed by atoms with E-state index in [9.17, 15) is 22.8 Å². The first-order valence-corrected chi connectivity index (χ1v) is 10.4. The predicted molar refractivity (Wildman–Crippen MR) is 102 cm³/mol. The van der Waals surface area contributed by atoms with Gasteiger partial charge in [0.25, 0.3) is 5.24 Å². The molecular formula is C19H24F3N3O2S. The van der Waals surface area contributed by atoms with Crippen LogP contribution in [0, 0.1) is 0 Å². The van der Waals surface area contributed by atoms with Crippen LogP contribution in [-0.4, -0.2) is 58.9 Å². The number of carbonyl (C=O) groups is 2. The van der Waals surface area contributed by atoms with E-state index in [0.717, 1.165) is 37.8 Å². The number of hydrogen-bond acceptors (Lipinski definition) is 4. The van der Waals surface area contributed by atoms with Gasteiger partial charge in [-0.1, -0.05) is 30.0 Å². The minimum Gasteiger partial charge on any atom is -0.353 e. The van der Waals surface area contributed by atoms with Gasteiger partial charge in [0.15, 0.2) is 0 Å². The average Bonchev–Trinajstić information content (AvgIpc) is 3.06. The van der Waals surface area contributed by atoms with E-state index in [4.69, 9.17) is 0 Å². The van der Waals surface area contributed by atoms with E-state index in [1.165, 1.54) is 23.9 Å². The van der Waals surface area contributed by atoms with E-state index in [-0.39, 0.29) is 17.2 Å². The van der Waals surface area contributed by atoms with Crippen LogP contribution in [0.15, 0.2) is 24.3 Å². The fourth-order valence-electron chi connectivity index (χ4n) is 3.50. The Morgan fingerprint density at radius 1 is 1.21 bits per heavy atom. The monoisotopic (exact) mass is 415 g/mol. The maximum Gasteiger partial charge on any atom is 0.416 e. The molecule has 0 radical (unpaired) electrons. The van der Waals surface area contributed by atoms with E-state index in [1.54, 1.807) is 11.0 Å². The molecule has 154 valence electrons. The molecular weight excluding hydrogens is 391 g/mol. The number of piperidine rings is 1. The molecule has 1 aromatic carbocycles. The number of halogens is 3. The molecule has 1 aromatic rings. The summed E-state index contributed by atoms with van der Waals surface area (Å²) in [6, 6.07) is 5.51. The average molecular weight is 415 g/mol. The van der Waals surface area contributed by atoms with Crippen molar-refractivity contribution in [2.24, 2.45) is 0 Å². The van der Waals surface area contributed by atoms with Gasteiger partial charge in [-0.05, 0) is 24.5 Å². The largest absolute Gasteiger partial charge is 0.416 e. The second-order valence-corrected chi connectivity index (χ2v) is 8.21. The van der Waals surface area contributed by atoms with Crippen LogP contribution in [0.2, 0.25) is 0 Å². The summed E-state index contributed by atoms with van der Waals surface area (Å²) < 4.78 is 38.5. The van der Waals surface area contributed by atoms with Crippen LogP contribution in [0.3, 0.4) is 0 Å². The van der Waals surface area contributed by atoms with Gasteiger partial charge in [0.05, 0.1) is 5.56 Å². The number of thioether (sulfide) groups is 1. The Kier molecular flexibility index (Phi) is 6.87. The summed E-state index contributed by atoms with van der Waals surface area (Å²) in [7, 11) is 0. The third-order valence-electron chi connectivity index (χ3n) is 5.07. The van der Waals surface area contributed by atoms with Gasteiger partial charge in [-0.25, -0.2) is 0 Å². The summed E-state index contributed by atoms with van der Waals surface area (Å²) in [6.07, 6.45) is -2.49. The van der Waals surface area contributed by atoms with E-state index in [1.807, 2.05) is 0 Å². The molecule has 28 heavy (non-hydrogen) atoms. The number of rotatable bonds is 6. The predicted octanol–water partition coefficient (Wildman–Crippen LogP) is 3.34. The van der Waals surface area contributed by atoms with E-state index in [2.05, 4.69) is 10.2 Å². The summed E-state index contributed by atoms with van der Waals surface area (Å²) in [4.78, 5) is 27.4. The Morgan fingerprint density at radius 3 is 2.61 bits per heavy atom. The zero-order valence-corrected chi connectivity index (χ0v) is 16.3. The lowest BCUT2D eigenvalue weighted by Gasteiger charge is -2.32. The van der Waals surface area contributed by atoms with E-state index < -0.39 is 11.7 Å². The number of nitrogens with one attached hydrogen (secondary N) is 1. The molecule has 0 atom stereocenters. The third kappa shape index (κ3) is 5.88. The molecule has 0 bridgehead atoms. The van der Waals surface area contributed by atoms with Crippen LogP contribution in [-0.2, 0) is 17.5 Å². The molecule has 0 unspecified atom stereocenters. The van der Waals surface area contributed by atoms with Gasteiger partial charge in [-0.15, -0.1) is 0 Å². The Morgan fingerprint density at radius 2 is 1.96 bits per heavy atom. The van der Waals surface area contributed by atoms with Crippen LogP contribution >= 0.6 is 11.8 Å². The highest BCUT2D eigenvalue weighted by molar-refractivity contribution is 8.13. The summed E-state index contributed by atoms with van der Waals surface area (Å²) in [5.41, 5.74) is 0.0208. The lowest BCUT2D eigenvalue weighted by atomic mass is 10.0. The molecule has 2 saturated heterocycles. The number of carbonyl (C=O) groups excluding carboxylic acids is 2. The highest BCUT2D eigenvalue weighted by atomic mass is 32.2. The summed E-state index contributed by atoms with van der Waals surface area (Å²) in [5.74, 6) is 0.728. The van der Waals surface area contributed by atoms with Crippen molar-refractivity contribution in [3.8, 4) is 0 Å². The summed E-state index contributed by atoms with van der Waals surface area (Å²) in [6.45, 7) is 3.07. The van der Waals surface area contributed by atoms with Gasteiger partial charge >= 0.3 is 6.18 Å². The van der Waals surface area contributed by atoms with Gasteiger partial charge in [0.1, 0.15) is 0 Å². The zero-order chi connectivity index (χ0) is 20.1. The van der Waals surface area contributed by atoms with Crippen molar-refractivity contribution in [3.63, 3.8) is 0 Å². The van der Waals surface area contributed by atoms with Crippen molar-refractivity contribution in [1.82, 2.24) is 15.1 Å². The van der Waals surface area contributed by atoms with Gasteiger partial charge in [0.2, 0.25) is 5.91 Å². The summed E-state index contributed by atoms with van der Waals surface area (Å²) in [5, 5.41) is 3.05. The first-order valence-electron chi connectivity index (χ1n) is 9.41. The quantitative estimate of drug-likeness (QED) is 0.774. The minimum atomic E-state index is -4.33. The van der Waals surface area contributed by atoms with Crippen molar-refractivity contribution in [1.29, 1.82) is 0 Å². The fourth-order valence-corrected chi connectivity index (χ4v) is 4.36. The number of amides is 2. The fraction of sp³-hybridized carbons (Fsp3) is 0.579. The number of hydrogen-bond donors (Lipinski definition) is 1. The maximum absolute atomic E-state index is 12.8. The summed E-state index contributed by atoms with van der Waals surface area (Å²) >= 11 is 1.28. The SMILES string of the molecule is O=C(CCN1CCSC1=O)NC1CCN(Cc2cccc(C(F)(F)F)c2)CC1. The topological polar surface area (TPSA) is 52.7 Å². The van der Waals surface area contributed by atoms with E-state index >= 15 is 0 Å². The third-order valence-corrected chi connectivity index (χ3v) is 5.96. The Balaban J connectivity index is 1.39. The van der Waals surface area contributed by atoms with Gasteiger partial charge in [-0.3, -0.25) is 14.5 Å². The second-order valence-electron chi connectivity index (χ2n) is 7.17. The van der Waals surface area contributed by atoms with Crippen molar-refractivity contribution in [3.05, 3.63) is 35.4 Å². The Labute approximate surface area is 166 Å². The number of benzene rings is 1. The van der Waals surface area contributed by atoms with Crippen molar-refractivity contribution >= 4 is 22.9 Å². The number of nitrogens with zero attached hydrogens (tertiary/aromatic N) is 2. The van der Waals surface area contributed by atoms with Crippen LogP contribution in [0.1, 0.15) is 30.4 Å². The molecule has 0 spiro atoms. The standard InChI is InChI=1S/C19H24F3N3O2S/c20-19(21,22)15-3-1-2-14(12-15)13-24-7-4-16(5-8-24)23-17(26)6-9-25-10-11-28-18(25)27/h1-3,12,16H,4-11,13H2,(H,23,26). The first-order chi connectivity index (χ1) is 13.3. The lowest BCUT2D eigenvalue weighted by molar-refractivity contribution is -0.137. The molecule has 3 rings (SSSR count). The van der Waals surface area contributed by atoms with Crippen LogP contribution in [0.4, 0.5) is 18.0 Å². The van der Waals surface area contributed by atoms with Gasteiger partial charge in [0, 0.05) is 50.9 Å². The van der Waals surface area contributed by atoms with Crippen molar-refractivity contribution in [2.75, 3.05) is 31.9 Å². The minimum absolute atomic E-state index is 0.0377. The molecule has 5 nitrogen and oxygen atoms in total. The normalized spacial score (nSPS) is 19.2. The lowest BCUT2D eigenvalue weighted by Crippen LogP contribution is -2.45. The molecule has 1 N–H and O–H groups in total. The highest BCUT2D eigenvalue weighted by Crippen LogP contribution is 2.30. The number of alkyl halides is 3. The number of likely N-dealkylation sites (tertiary alicyclic amines) is 1. The van der Waals surface area contributed by atoms with Gasteiger partial charge in [-0.2, -0.15) is 13.2 Å². The molecule has 2 aliphatic rings. The molecule has 2 amide bonds. The van der Waals surface area contributed by atoms with Crippen LogP contribution < -0.4 is 5.32 Å². The zero-order valence-electron chi connectivity index (χ0n) is 15.5. The van der Waals surface area contributed by atoms with Gasteiger partial charge < -0.3 is 10.2 Å². The molecule has 2 heterocycles. The van der Waals surface area contributed by atoms with Crippen molar-refractivity contribution in [2.45, 2.75) is 38.0 Å². The van der Waals surface area contributed by atoms with Crippen LogP contribution in [0.5, 0.6) is 0 Å². The molecule has 0 saturated carbocycles. The van der Waals surface area contributed by atoms with E-state index in [0.29, 0.717) is 31.6 Å². The molecule has 2 aliphatic heterocycles. The molecule has 2 fully saturated rings. The first kappa shape index (κ1) is 21.0. The second kappa shape index (κ2) is 9.17.